The van der Waals surface area contributed by atoms with Crippen LogP contribution in [0.1, 0.15) is 56.3 Å². The van der Waals surface area contributed by atoms with E-state index in [9.17, 15) is 4.55 Å². The first kappa shape index (κ1) is 20.9. The molecule has 0 aromatic heterocycles. The Morgan fingerprint density at radius 3 is 2.48 bits per heavy atom. The highest BCUT2D eigenvalue weighted by Gasteiger charge is 2.49. The Hall–Kier alpha value is -0.773. The molecule has 1 heterocycles. The molecule has 0 bridgehead atoms. The van der Waals surface area contributed by atoms with E-state index in [1.165, 1.54) is 11.1 Å². The van der Waals surface area contributed by atoms with Crippen LogP contribution in [0.3, 0.4) is 0 Å². The van der Waals surface area contributed by atoms with E-state index < -0.39 is 19.4 Å². The summed E-state index contributed by atoms with van der Waals surface area (Å²) in [5.41, 5.74) is 7.46. The summed E-state index contributed by atoms with van der Waals surface area (Å²) >= 11 is -1.09. The third-order valence-corrected chi connectivity index (χ3v) is 8.01. The van der Waals surface area contributed by atoms with Gasteiger partial charge in [-0.3, -0.25) is 0 Å². The van der Waals surface area contributed by atoms with E-state index in [1.54, 1.807) is 0 Å². The molecule has 1 aliphatic carbocycles. The number of rotatable bonds is 2. The number of benzene rings is 1. The Bertz CT molecular complexity index is 748. The summed E-state index contributed by atoms with van der Waals surface area (Å²) in [6.07, 6.45) is 3.32. The summed E-state index contributed by atoms with van der Waals surface area (Å²) in [7, 11) is -1.41. The van der Waals surface area contributed by atoms with Gasteiger partial charge in [0, 0.05) is 22.3 Å². The second kappa shape index (κ2) is 7.57. The normalized spacial score (nSPS) is 22.9. The standard InChI is InChI=1S/C22H34N2OSSi/c1-21(2,3)26(25)24-20-19-15-17(9-14-27(4,5)6)7-8-18(19)16-22(20)10-12-23-13-11-22/h7-8,15,20,23-24H,10-13,16H2,1-6H3/t20-,26-/m1/s1. The minimum absolute atomic E-state index is 0.142. The summed E-state index contributed by atoms with van der Waals surface area (Å²) in [5, 5.41) is 3.49. The van der Waals surface area contributed by atoms with Crippen LogP contribution in [0, 0.1) is 16.9 Å². The van der Waals surface area contributed by atoms with Crippen molar-refractivity contribution in [1.29, 1.82) is 0 Å². The molecule has 2 aliphatic rings. The Balaban J connectivity index is 1.97. The maximum Gasteiger partial charge on any atom is 0.136 e. The first-order chi connectivity index (χ1) is 12.5. The third kappa shape index (κ3) is 4.80. The largest absolute Gasteiger partial charge is 0.598 e. The fourth-order valence-corrected chi connectivity index (χ4v) is 5.50. The molecular weight excluding hydrogens is 368 g/mol. The Morgan fingerprint density at radius 1 is 1.22 bits per heavy atom. The van der Waals surface area contributed by atoms with Crippen LogP contribution in [0.2, 0.25) is 19.6 Å². The van der Waals surface area contributed by atoms with Gasteiger partial charge in [0.05, 0.1) is 6.04 Å². The molecule has 3 nitrogen and oxygen atoms in total. The van der Waals surface area contributed by atoms with Crippen LogP contribution >= 0.6 is 0 Å². The van der Waals surface area contributed by atoms with Crippen molar-refractivity contribution in [3.8, 4) is 11.5 Å². The minimum atomic E-state index is -1.41. The zero-order valence-corrected chi connectivity index (χ0v) is 19.5. The molecule has 1 aromatic carbocycles. The molecule has 1 fully saturated rings. The van der Waals surface area contributed by atoms with Gasteiger partial charge in [-0.2, -0.15) is 0 Å². The maximum absolute atomic E-state index is 13.0. The average Bonchev–Trinajstić information content (AvgIpc) is 2.85. The zero-order chi connectivity index (χ0) is 19.9. The molecule has 3 rings (SSSR count). The first-order valence-electron chi connectivity index (χ1n) is 10.1. The van der Waals surface area contributed by atoms with Crippen molar-refractivity contribution < 1.29 is 4.55 Å². The van der Waals surface area contributed by atoms with Gasteiger partial charge in [0.2, 0.25) is 0 Å². The average molecular weight is 403 g/mol. The van der Waals surface area contributed by atoms with Crippen LogP contribution < -0.4 is 10.0 Å². The van der Waals surface area contributed by atoms with Crippen LogP contribution in [0.5, 0.6) is 0 Å². The molecule has 2 N–H and O–H groups in total. The minimum Gasteiger partial charge on any atom is -0.598 e. The lowest BCUT2D eigenvalue weighted by Gasteiger charge is -2.40. The van der Waals surface area contributed by atoms with Crippen LogP contribution in [0.25, 0.3) is 0 Å². The van der Waals surface area contributed by atoms with Crippen LogP contribution in [-0.4, -0.2) is 30.5 Å². The molecule has 1 saturated heterocycles. The fourth-order valence-electron chi connectivity index (χ4n) is 4.04. The number of fused-ring (bicyclic) bond motifs is 1. The van der Waals surface area contributed by atoms with Gasteiger partial charge in [0.25, 0.3) is 0 Å². The van der Waals surface area contributed by atoms with Crippen molar-refractivity contribution in [2.45, 2.75) is 70.5 Å². The molecule has 5 heteroatoms. The van der Waals surface area contributed by atoms with E-state index in [4.69, 9.17) is 0 Å². The quantitative estimate of drug-likeness (QED) is 0.447. The highest BCUT2D eigenvalue weighted by atomic mass is 32.2. The van der Waals surface area contributed by atoms with E-state index in [1.807, 2.05) is 20.8 Å². The molecular formula is C22H34N2OSSi. The molecule has 1 aliphatic heterocycles. The van der Waals surface area contributed by atoms with E-state index in [0.717, 1.165) is 37.9 Å². The van der Waals surface area contributed by atoms with E-state index in [2.05, 4.69) is 59.3 Å². The third-order valence-electron chi connectivity index (χ3n) is 5.57. The molecule has 0 saturated carbocycles. The second-order valence-corrected chi connectivity index (χ2v) is 16.9. The Labute approximate surface area is 169 Å². The molecule has 1 spiro atoms. The molecule has 2 atom stereocenters. The van der Waals surface area contributed by atoms with Gasteiger partial charge in [0.15, 0.2) is 0 Å². The van der Waals surface area contributed by atoms with Crippen molar-refractivity contribution in [2.24, 2.45) is 5.41 Å². The maximum atomic E-state index is 13.0. The Morgan fingerprint density at radius 2 is 1.89 bits per heavy atom. The first-order valence-corrected chi connectivity index (χ1v) is 14.7. The number of hydrogen-bond donors (Lipinski definition) is 2. The highest BCUT2D eigenvalue weighted by molar-refractivity contribution is 7.90. The molecule has 148 valence electrons. The summed E-state index contributed by atoms with van der Waals surface area (Å²) in [5.74, 6) is 3.41. The summed E-state index contributed by atoms with van der Waals surface area (Å²) < 4.78 is 16.2. The highest BCUT2D eigenvalue weighted by Crippen LogP contribution is 2.51. The predicted octanol–water partition coefficient (Wildman–Crippen LogP) is 3.93. The van der Waals surface area contributed by atoms with Gasteiger partial charge in [-0.1, -0.05) is 31.6 Å². The summed E-state index contributed by atoms with van der Waals surface area (Å²) in [4.78, 5) is 0. The van der Waals surface area contributed by atoms with Gasteiger partial charge >= 0.3 is 0 Å². The van der Waals surface area contributed by atoms with Gasteiger partial charge in [-0.05, 0) is 76.4 Å². The number of piperidine rings is 1. The van der Waals surface area contributed by atoms with E-state index in [0.29, 0.717) is 0 Å². The topological polar surface area (TPSA) is 47.1 Å². The molecule has 0 amide bonds. The van der Waals surface area contributed by atoms with E-state index in [-0.39, 0.29) is 16.2 Å². The SMILES string of the molecule is CC(C)(C)[S@@+]([O-])N[C@@H]1c2cc(C#C[Si](C)(C)C)ccc2CC12CCNCC2. The number of hydrogen-bond acceptors (Lipinski definition) is 3. The molecule has 0 unspecified atom stereocenters. The smallest absolute Gasteiger partial charge is 0.136 e. The van der Waals surface area contributed by atoms with Gasteiger partial charge in [-0.25, -0.2) is 0 Å². The van der Waals surface area contributed by atoms with Crippen molar-refractivity contribution in [3.05, 3.63) is 34.9 Å². The summed E-state index contributed by atoms with van der Waals surface area (Å²) in [6.45, 7) is 15.0. The van der Waals surface area contributed by atoms with Crippen LogP contribution in [0.15, 0.2) is 18.2 Å². The van der Waals surface area contributed by atoms with Crippen molar-refractivity contribution in [3.63, 3.8) is 0 Å². The van der Waals surface area contributed by atoms with E-state index >= 15 is 0 Å². The number of nitrogens with one attached hydrogen (secondary N) is 2. The second-order valence-electron chi connectivity index (χ2n) is 10.1. The molecule has 0 radical (unpaired) electrons. The lowest BCUT2D eigenvalue weighted by Crippen LogP contribution is -2.48. The monoisotopic (exact) mass is 402 g/mol. The van der Waals surface area contributed by atoms with Gasteiger partial charge < -0.3 is 9.87 Å². The van der Waals surface area contributed by atoms with Gasteiger partial charge in [-0.15, -0.1) is 10.3 Å². The molecule has 27 heavy (non-hydrogen) atoms. The lowest BCUT2D eigenvalue weighted by molar-refractivity contribution is 0.163. The lowest BCUT2D eigenvalue weighted by atomic mass is 9.73. The van der Waals surface area contributed by atoms with Crippen LogP contribution in [-0.2, 0) is 17.8 Å². The van der Waals surface area contributed by atoms with Gasteiger partial charge in [0.1, 0.15) is 12.8 Å². The Kier molecular flexibility index (Phi) is 5.87. The fraction of sp³-hybridized carbons (Fsp3) is 0.636. The predicted molar refractivity (Wildman–Crippen MR) is 119 cm³/mol. The zero-order valence-electron chi connectivity index (χ0n) is 17.7. The van der Waals surface area contributed by atoms with Crippen molar-refractivity contribution >= 4 is 19.4 Å². The summed E-state index contributed by atoms with van der Waals surface area (Å²) in [6, 6.07) is 6.83. The van der Waals surface area contributed by atoms with Crippen LogP contribution in [0.4, 0.5) is 0 Å². The molecule has 1 aromatic rings. The van der Waals surface area contributed by atoms with Crippen molar-refractivity contribution in [2.75, 3.05) is 13.1 Å². The van der Waals surface area contributed by atoms with Crippen molar-refractivity contribution in [1.82, 2.24) is 10.0 Å².